The lowest BCUT2D eigenvalue weighted by atomic mass is 10.1. The molecule has 2 aromatic rings. The van der Waals surface area contributed by atoms with E-state index in [0.29, 0.717) is 16.9 Å². The van der Waals surface area contributed by atoms with Gasteiger partial charge in [0.1, 0.15) is 17.4 Å². The molecule has 4 heteroatoms. The largest absolute Gasteiger partial charge is 0.438 e. The van der Waals surface area contributed by atoms with E-state index < -0.39 is 0 Å². The molecule has 0 unspecified atom stereocenters. The minimum absolute atomic E-state index is 0.163. The molecular weight excluding hydrogens is 226 g/mol. The molecule has 0 saturated heterocycles. The first-order valence-electron chi connectivity index (χ1n) is 5.33. The summed E-state index contributed by atoms with van der Waals surface area (Å²) in [4.78, 5) is 4.03. The Kier molecular flexibility index (Phi) is 3.53. The Morgan fingerprint density at radius 2 is 1.89 bits per heavy atom. The molecular formula is C14H9N3O. The van der Waals surface area contributed by atoms with Crippen LogP contribution in [0.25, 0.3) is 0 Å². The summed E-state index contributed by atoms with van der Waals surface area (Å²) < 4.78 is 5.54. The molecule has 1 heterocycles. The topological polar surface area (TPSA) is 69.7 Å². The third kappa shape index (κ3) is 2.45. The number of nitrogens with zero attached hydrogens (tertiary/aromatic N) is 3. The Balaban J connectivity index is 2.37. The highest BCUT2D eigenvalue weighted by atomic mass is 16.5. The van der Waals surface area contributed by atoms with E-state index >= 15 is 0 Å². The van der Waals surface area contributed by atoms with Crippen LogP contribution < -0.4 is 4.74 Å². The predicted molar refractivity (Wildman–Crippen MR) is 64.8 cm³/mol. The Bertz CT molecular complexity index is 624. The normalized spacial score (nSPS) is 9.22. The number of rotatable bonds is 3. The van der Waals surface area contributed by atoms with Crippen LogP contribution in [0.1, 0.15) is 11.1 Å². The summed E-state index contributed by atoms with van der Waals surface area (Å²) in [5, 5.41) is 17.8. The van der Waals surface area contributed by atoms with Crippen LogP contribution in [0.15, 0.2) is 42.6 Å². The molecule has 0 atom stereocenters. The van der Waals surface area contributed by atoms with E-state index in [9.17, 15) is 0 Å². The molecule has 86 valence electrons. The Morgan fingerprint density at radius 1 is 1.11 bits per heavy atom. The zero-order valence-corrected chi connectivity index (χ0v) is 9.50. The number of ether oxygens (including phenoxy) is 1. The summed E-state index contributed by atoms with van der Waals surface area (Å²) in [5.41, 5.74) is 0.934. The second-order valence-corrected chi connectivity index (χ2v) is 3.51. The van der Waals surface area contributed by atoms with E-state index in [-0.39, 0.29) is 12.3 Å². The summed E-state index contributed by atoms with van der Waals surface area (Å²) in [6.07, 6.45) is 1.70. The number of para-hydroxylation sites is 1. The monoisotopic (exact) mass is 235 g/mol. The average molecular weight is 235 g/mol. The smallest absolute Gasteiger partial charge is 0.237 e. The molecule has 0 saturated carbocycles. The lowest BCUT2D eigenvalue weighted by Gasteiger charge is -2.07. The molecule has 0 amide bonds. The number of aromatic nitrogens is 1. The summed E-state index contributed by atoms with van der Waals surface area (Å²) in [7, 11) is 0. The van der Waals surface area contributed by atoms with E-state index in [1.54, 1.807) is 18.2 Å². The number of hydrogen-bond donors (Lipinski definition) is 0. The van der Waals surface area contributed by atoms with Crippen LogP contribution in [0, 0.1) is 22.7 Å². The van der Waals surface area contributed by atoms with Gasteiger partial charge in [-0.25, -0.2) is 4.98 Å². The van der Waals surface area contributed by atoms with Crippen molar-refractivity contribution in [3.8, 4) is 23.8 Å². The van der Waals surface area contributed by atoms with Gasteiger partial charge in [0.25, 0.3) is 0 Å². The minimum atomic E-state index is 0.163. The molecule has 0 fully saturated rings. The molecule has 0 aliphatic rings. The van der Waals surface area contributed by atoms with Gasteiger partial charge >= 0.3 is 0 Å². The zero-order valence-electron chi connectivity index (χ0n) is 9.50. The summed E-state index contributed by atoms with van der Waals surface area (Å²) in [6.45, 7) is 0. The second-order valence-electron chi connectivity index (χ2n) is 3.51. The molecule has 2 rings (SSSR count). The third-order valence-corrected chi connectivity index (χ3v) is 2.34. The second kappa shape index (κ2) is 5.47. The number of pyridine rings is 1. The molecule has 0 bridgehead atoms. The fraction of sp³-hybridized carbons (Fsp3) is 0.0714. The molecule has 1 aromatic carbocycles. The van der Waals surface area contributed by atoms with Crippen molar-refractivity contribution < 1.29 is 4.74 Å². The van der Waals surface area contributed by atoms with Gasteiger partial charge in [-0.15, -0.1) is 0 Å². The fourth-order valence-electron chi connectivity index (χ4n) is 1.51. The zero-order chi connectivity index (χ0) is 12.8. The van der Waals surface area contributed by atoms with Crippen LogP contribution in [0.2, 0.25) is 0 Å². The minimum Gasteiger partial charge on any atom is -0.438 e. The molecule has 4 nitrogen and oxygen atoms in total. The van der Waals surface area contributed by atoms with Crippen molar-refractivity contribution in [1.29, 1.82) is 10.5 Å². The third-order valence-electron chi connectivity index (χ3n) is 2.34. The van der Waals surface area contributed by atoms with Gasteiger partial charge in [-0.05, 0) is 23.8 Å². The van der Waals surface area contributed by atoms with E-state index in [1.165, 1.54) is 6.20 Å². The quantitative estimate of drug-likeness (QED) is 0.820. The first-order valence-corrected chi connectivity index (χ1v) is 5.33. The maximum atomic E-state index is 9.12. The van der Waals surface area contributed by atoms with Crippen LogP contribution in [0.4, 0.5) is 0 Å². The van der Waals surface area contributed by atoms with Crippen molar-refractivity contribution in [3.63, 3.8) is 0 Å². The van der Waals surface area contributed by atoms with Crippen molar-refractivity contribution in [2.24, 2.45) is 0 Å². The lowest BCUT2D eigenvalue weighted by Crippen LogP contribution is -1.96. The molecule has 0 N–H and O–H groups in total. The van der Waals surface area contributed by atoms with Gasteiger partial charge < -0.3 is 4.74 Å². The van der Waals surface area contributed by atoms with Gasteiger partial charge in [0, 0.05) is 6.20 Å². The molecule has 0 radical (unpaired) electrons. The van der Waals surface area contributed by atoms with Gasteiger partial charge in [-0.1, -0.05) is 18.2 Å². The van der Waals surface area contributed by atoms with Crippen molar-refractivity contribution in [1.82, 2.24) is 4.98 Å². The van der Waals surface area contributed by atoms with Gasteiger partial charge in [-0.2, -0.15) is 10.5 Å². The molecule has 18 heavy (non-hydrogen) atoms. The first kappa shape index (κ1) is 11.6. The molecule has 1 aromatic heterocycles. The summed E-state index contributed by atoms with van der Waals surface area (Å²) in [5.74, 6) is 0.840. The van der Waals surface area contributed by atoms with Crippen molar-refractivity contribution >= 4 is 0 Å². The number of nitriles is 2. The highest BCUT2D eigenvalue weighted by Gasteiger charge is 2.11. The van der Waals surface area contributed by atoms with Crippen molar-refractivity contribution in [2.45, 2.75) is 6.42 Å². The van der Waals surface area contributed by atoms with E-state index in [2.05, 4.69) is 4.98 Å². The van der Waals surface area contributed by atoms with Crippen molar-refractivity contribution in [2.75, 3.05) is 0 Å². The summed E-state index contributed by atoms with van der Waals surface area (Å²) >= 11 is 0. The van der Waals surface area contributed by atoms with Gasteiger partial charge in [0.05, 0.1) is 12.5 Å². The van der Waals surface area contributed by atoms with Crippen LogP contribution in [-0.4, -0.2) is 4.98 Å². The number of hydrogen-bond acceptors (Lipinski definition) is 4. The maximum Gasteiger partial charge on any atom is 0.237 e. The van der Waals surface area contributed by atoms with E-state index in [4.69, 9.17) is 15.3 Å². The van der Waals surface area contributed by atoms with Crippen LogP contribution in [-0.2, 0) is 6.42 Å². The highest BCUT2D eigenvalue weighted by molar-refractivity contribution is 5.47. The first-order chi connectivity index (χ1) is 8.85. The van der Waals surface area contributed by atoms with E-state index in [1.807, 2.05) is 30.3 Å². The number of benzene rings is 1. The SMILES string of the molecule is N#CCc1ccnc(Oc2ccccc2)c1C#N. The van der Waals surface area contributed by atoms with Gasteiger partial charge in [0.2, 0.25) is 5.88 Å². The Labute approximate surface area is 105 Å². The fourth-order valence-corrected chi connectivity index (χ4v) is 1.51. The molecule has 0 aliphatic heterocycles. The van der Waals surface area contributed by atoms with Crippen molar-refractivity contribution in [3.05, 3.63) is 53.7 Å². The van der Waals surface area contributed by atoms with Crippen LogP contribution in [0.3, 0.4) is 0 Å². The summed E-state index contributed by atoms with van der Waals surface area (Å²) in [6, 6.07) is 14.8. The maximum absolute atomic E-state index is 9.12. The average Bonchev–Trinajstić information content (AvgIpc) is 2.41. The van der Waals surface area contributed by atoms with E-state index in [0.717, 1.165) is 0 Å². The molecule has 0 aliphatic carbocycles. The van der Waals surface area contributed by atoms with Crippen LogP contribution >= 0.6 is 0 Å². The molecule has 0 spiro atoms. The Hall–Kier alpha value is -2.85. The van der Waals surface area contributed by atoms with Gasteiger partial charge in [0.15, 0.2) is 0 Å². The predicted octanol–water partition coefficient (Wildman–Crippen LogP) is 2.81. The van der Waals surface area contributed by atoms with Crippen LogP contribution in [0.5, 0.6) is 11.6 Å². The Morgan fingerprint density at radius 3 is 2.56 bits per heavy atom. The van der Waals surface area contributed by atoms with Gasteiger partial charge in [-0.3, -0.25) is 0 Å². The highest BCUT2D eigenvalue weighted by Crippen LogP contribution is 2.24. The lowest BCUT2D eigenvalue weighted by molar-refractivity contribution is 0.460. The standard InChI is InChI=1S/C14H9N3O/c15-8-6-11-7-9-17-14(13(11)10-16)18-12-4-2-1-3-5-12/h1-5,7,9H,6H2.